The van der Waals surface area contributed by atoms with Gasteiger partial charge in [0.2, 0.25) is 10.0 Å². The lowest BCUT2D eigenvalue weighted by atomic mass is 9.65. The summed E-state index contributed by atoms with van der Waals surface area (Å²) < 4.78 is 27.8. The largest absolute Gasteiger partial charge is 0.273 e. The van der Waals surface area contributed by atoms with E-state index in [4.69, 9.17) is 0 Å². The number of rotatable bonds is 3. The molecule has 2 unspecified atom stereocenters. The number of hydrogen-bond acceptors (Lipinski definition) is 4. The lowest BCUT2D eigenvalue weighted by Gasteiger charge is -2.39. The minimum atomic E-state index is -3.73. The summed E-state index contributed by atoms with van der Waals surface area (Å²) in [5.74, 6) is 0. The number of hydrogen-bond donors (Lipinski definition) is 0. The summed E-state index contributed by atoms with van der Waals surface area (Å²) in [6, 6.07) is 4.16. The highest BCUT2D eigenvalue weighted by atomic mass is 32.2. The van der Waals surface area contributed by atoms with E-state index >= 15 is 0 Å². The molecule has 2 fully saturated rings. The van der Waals surface area contributed by atoms with Crippen molar-refractivity contribution >= 4 is 15.7 Å². The van der Waals surface area contributed by atoms with Crippen molar-refractivity contribution in [1.82, 2.24) is 4.31 Å². The summed E-state index contributed by atoms with van der Waals surface area (Å²) >= 11 is 0. The number of fused-ring (bicyclic) bond motifs is 2. The van der Waals surface area contributed by atoms with E-state index in [0.29, 0.717) is 12.1 Å². The molecular weight excluding hydrogens is 328 g/mol. The molecule has 1 saturated carbocycles. The summed E-state index contributed by atoms with van der Waals surface area (Å²) in [4.78, 5) is 10.6. The van der Waals surface area contributed by atoms with Crippen molar-refractivity contribution in [2.45, 2.75) is 57.9 Å². The molecule has 1 aromatic carbocycles. The summed E-state index contributed by atoms with van der Waals surface area (Å²) in [7, 11) is -3.73. The van der Waals surface area contributed by atoms with Crippen LogP contribution in [-0.2, 0) is 10.0 Å². The molecule has 7 heteroatoms. The van der Waals surface area contributed by atoms with Gasteiger partial charge in [0.1, 0.15) is 0 Å². The van der Waals surface area contributed by atoms with Crippen LogP contribution in [-0.4, -0.2) is 30.2 Å². The Kier molecular flexibility index (Phi) is 3.80. The Hall–Kier alpha value is -1.47. The zero-order chi connectivity index (χ0) is 17.9. The first-order chi connectivity index (χ1) is 10.9. The lowest BCUT2D eigenvalue weighted by molar-refractivity contribution is -0.385. The van der Waals surface area contributed by atoms with Gasteiger partial charge < -0.3 is 0 Å². The molecule has 2 atom stereocenters. The first-order valence-corrected chi connectivity index (χ1v) is 9.65. The molecule has 2 bridgehead atoms. The number of sulfonamides is 1. The van der Waals surface area contributed by atoms with E-state index in [-0.39, 0.29) is 27.5 Å². The van der Waals surface area contributed by atoms with E-state index in [9.17, 15) is 18.5 Å². The van der Waals surface area contributed by atoms with Crippen molar-refractivity contribution in [2.75, 3.05) is 6.54 Å². The van der Waals surface area contributed by atoms with E-state index in [1.165, 1.54) is 18.2 Å². The molecule has 0 radical (unpaired) electrons. The van der Waals surface area contributed by atoms with Gasteiger partial charge in [-0.1, -0.05) is 26.8 Å². The molecule has 0 amide bonds. The molecule has 3 rings (SSSR count). The Morgan fingerprint density at radius 2 is 1.92 bits per heavy atom. The maximum atomic E-state index is 13.1. The molecule has 2 aliphatic rings. The molecule has 0 spiro atoms. The molecule has 1 saturated heterocycles. The van der Waals surface area contributed by atoms with Crippen molar-refractivity contribution in [3.05, 3.63) is 33.9 Å². The monoisotopic (exact) mass is 352 g/mol. The van der Waals surface area contributed by atoms with Crippen molar-refractivity contribution in [3.8, 4) is 0 Å². The van der Waals surface area contributed by atoms with Crippen molar-refractivity contribution in [3.63, 3.8) is 0 Å². The van der Waals surface area contributed by atoms with Gasteiger partial charge in [0.05, 0.1) is 9.82 Å². The van der Waals surface area contributed by atoms with Gasteiger partial charge >= 0.3 is 0 Å². The predicted molar refractivity (Wildman–Crippen MR) is 91.3 cm³/mol. The predicted octanol–water partition coefficient (Wildman–Crippen LogP) is 3.49. The van der Waals surface area contributed by atoms with Gasteiger partial charge in [-0.3, -0.25) is 10.1 Å². The van der Waals surface area contributed by atoms with Crippen LogP contribution >= 0.6 is 0 Å². The number of benzene rings is 1. The van der Waals surface area contributed by atoms with Crippen LogP contribution in [0.1, 0.15) is 45.6 Å². The highest BCUT2D eigenvalue weighted by Crippen LogP contribution is 2.53. The Bertz CT molecular complexity index is 803. The minimum Gasteiger partial charge on any atom is -0.258 e. The molecule has 1 aromatic rings. The number of nitrogens with zero attached hydrogens (tertiary/aromatic N) is 2. The first kappa shape index (κ1) is 17.4. The average molecular weight is 352 g/mol. The standard InChI is InChI=1S/C17H24N2O4S/c1-12-5-6-14(7-15(12)19(20)21)24(22,23)18-11-17(4)9-13(18)8-16(2,3)10-17/h5-7,13H,8-11H2,1-4H3. The molecule has 6 nitrogen and oxygen atoms in total. The molecule has 1 heterocycles. The van der Waals surface area contributed by atoms with E-state index in [1.807, 2.05) is 0 Å². The van der Waals surface area contributed by atoms with Crippen LogP contribution in [0.2, 0.25) is 0 Å². The van der Waals surface area contributed by atoms with Gasteiger partial charge in [-0.15, -0.1) is 0 Å². The smallest absolute Gasteiger partial charge is 0.258 e. The van der Waals surface area contributed by atoms with Crippen LogP contribution in [0.4, 0.5) is 5.69 Å². The Balaban J connectivity index is 2.01. The van der Waals surface area contributed by atoms with Crippen LogP contribution < -0.4 is 0 Å². The normalized spacial score (nSPS) is 29.6. The topological polar surface area (TPSA) is 80.5 Å². The van der Waals surface area contributed by atoms with Gasteiger partial charge in [-0.2, -0.15) is 4.31 Å². The third-order valence-corrected chi connectivity index (χ3v) is 7.25. The molecular formula is C17H24N2O4S. The van der Waals surface area contributed by atoms with Crippen LogP contribution in [0, 0.1) is 27.9 Å². The third-order valence-electron chi connectivity index (χ3n) is 5.35. The van der Waals surface area contributed by atoms with Gasteiger partial charge in [0.25, 0.3) is 5.69 Å². The molecule has 1 aliphatic heterocycles. The second-order valence-corrected chi connectivity index (χ2v) is 10.4. The van der Waals surface area contributed by atoms with E-state index in [0.717, 1.165) is 19.3 Å². The SMILES string of the molecule is Cc1ccc(S(=O)(=O)N2CC3(C)CC2CC(C)(C)C3)cc1[N+](=O)[O-]. The minimum absolute atomic E-state index is 0.0177. The summed E-state index contributed by atoms with van der Waals surface area (Å²) in [5.41, 5.74) is 0.411. The quantitative estimate of drug-likeness (QED) is 0.616. The van der Waals surface area contributed by atoms with E-state index in [2.05, 4.69) is 20.8 Å². The number of aryl methyl sites for hydroxylation is 1. The molecule has 0 aromatic heterocycles. The third kappa shape index (κ3) is 2.84. The van der Waals surface area contributed by atoms with Crippen LogP contribution in [0.15, 0.2) is 23.1 Å². The Morgan fingerprint density at radius 3 is 2.54 bits per heavy atom. The molecule has 0 N–H and O–H groups in total. The lowest BCUT2D eigenvalue weighted by Crippen LogP contribution is -2.37. The molecule has 24 heavy (non-hydrogen) atoms. The Morgan fingerprint density at radius 1 is 1.25 bits per heavy atom. The summed E-state index contributed by atoms with van der Waals surface area (Å²) in [5, 5.41) is 11.1. The molecule has 132 valence electrons. The fourth-order valence-corrected chi connectivity index (χ4v) is 6.57. The van der Waals surface area contributed by atoms with Gasteiger partial charge in [-0.05, 0) is 43.1 Å². The second-order valence-electron chi connectivity index (χ2n) is 8.47. The highest BCUT2D eigenvalue weighted by Gasteiger charge is 2.53. The molecule has 1 aliphatic carbocycles. The summed E-state index contributed by atoms with van der Waals surface area (Å²) in [6.45, 7) is 8.62. The first-order valence-electron chi connectivity index (χ1n) is 8.21. The van der Waals surface area contributed by atoms with Gasteiger partial charge in [0.15, 0.2) is 0 Å². The number of nitro benzene ring substituents is 1. The van der Waals surface area contributed by atoms with Gasteiger partial charge in [0, 0.05) is 24.2 Å². The van der Waals surface area contributed by atoms with Crippen LogP contribution in [0.25, 0.3) is 0 Å². The van der Waals surface area contributed by atoms with Crippen LogP contribution in [0.5, 0.6) is 0 Å². The van der Waals surface area contributed by atoms with E-state index in [1.54, 1.807) is 11.2 Å². The second kappa shape index (κ2) is 5.26. The van der Waals surface area contributed by atoms with E-state index < -0.39 is 14.9 Å². The van der Waals surface area contributed by atoms with Gasteiger partial charge in [-0.25, -0.2) is 8.42 Å². The zero-order valence-electron chi connectivity index (χ0n) is 14.6. The fourth-order valence-electron chi connectivity index (χ4n) is 4.77. The Labute approximate surface area is 143 Å². The zero-order valence-corrected chi connectivity index (χ0v) is 15.4. The van der Waals surface area contributed by atoms with Crippen molar-refractivity contribution in [2.24, 2.45) is 10.8 Å². The average Bonchev–Trinajstić information content (AvgIpc) is 2.68. The summed E-state index contributed by atoms with van der Waals surface area (Å²) in [6.07, 6.45) is 2.69. The maximum absolute atomic E-state index is 13.1. The van der Waals surface area contributed by atoms with Crippen molar-refractivity contribution < 1.29 is 13.3 Å². The highest BCUT2D eigenvalue weighted by molar-refractivity contribution is 7.89. The van der Waals surface area contributed by atoms with Crippen molar-refractivity contribution in [1.29, 1.82) is 0 Å². The number of nitro groups is 1. The van der Waals surface area contributed by atoms with Crippen LogP contribution in [0.3, 0.4) is 0 Å². The maximum Gasteiger partial charge on any atom is 0.273 e. The fraction of sp³-hybridized carbons (Fsp3) is 0.647.